The second-order valence-corrected chi connectivity index (χ2v) is 5.13. The lowest BCUT2D eigenvalue weighted by atomic mass is 10.0. The van der Waals surface area contributed by atoms with Gasteiger partial charge in [-0.1, -0.05) is 41.9 Å². The molecule has 0 bridgehead atoms. The summed E-state index contributed by atoms with van der Waals surface area (Å²) < 4.78 is 5.79. The van der Waals surface area contributed by atoms with E-state index in [9.17, 15) is 0 Å². The summed E-state index contributed by atoms with van der Waals surface area (Å²) in [7, 11) is 0. The van der Waals surface area contributed by atoms with Crippen LogP contribution in [0.3, 0.4) is 0 Å². The third-order valence-electron chi connectivity index (χ3n) is 3.36. The third kappa shape index (κ3) is 2.98. The molecule has 0 amide bonds. The van der Waals surface area contributed by atoms with Crippen LogP contribution in [0.2, 0.25) is 5.02 Å². The SMILES string of the molecule is Clc1ccc(-c2cccc(C3CNCCO3)c2)cc1. The number of nitrogens with one attached hydrogen (secondary N) is 1. The van der Waals surface area contributed by atoms with Gasteiger partial charge in [0.1, 0.15) is 0 Å². The van der Waals surface area contributed by atoms with Gasteiger partial charge in [0.15, 0.2) is 0 Å². The lowest BCUT2D eigenvalue weighted by Gasteiger charge is -2.24. The van der Waals surface area contributed by atoms with Crippen LogP contribution in [0.5, 0.6) is 0 Å². The molecular formula is C16H16ClNO. The number of halogens is 1. The minimum absolute atomic E-state index is 0.154. The highest BCUT2D eigenvalue weighted by atomic mass is 35.5. The molecule has 1 aliphatic heterocycles. The van der Waals surface area contributed by atoms with E-state index in [0.29, 0.717) is 0 Å². The number of ether oxygens (including phenoxy) is 1. The molecule has 0 saturated carbocycles. The van der Waals surface area contributed by atoms with Crippen LogP contribution in [0, 0.1) is 0 Å². The monoisotopic (exact) mass is 273 g/mol. The van der Waals surface area contributed by atoms with Crippen LogP contribution >= 0.6 is 11.6 Å². The Morgan fingerprint density at radius 1 is 1.05 bits per heavy atom. The Kier molecular flexibility index (Phi) is 3.83. The van der Waals surface area contributed by atoms with Gasteiger partial charge in [-0.05, 0) is 34.9 Å². The lowest BCUT2D eigenvalue weighted by Crippen LogP contribution is -2.33. The largest absolute Gasteiger partial charge is 0.371 e. The number of hydrogen-bond acceptors (Lipinski definition) is 2. The zero-order chi connectivity index (χ0) is 13.1. The highest BCUT2D eigenvalue weighted by molar-refractivity contribution is 6.30. The Morgan fingerprint density at radius 2 is 1.89 bits per heavy atom. The fourth-order valence-corrected chi connectivity index (χ4v) is 2.47. The van der Waals surface area contributed by atoms with Crippen LogP contribution in [0.1, 0.15) is 11.7 Å². The zero-order valence-corrected chi connectivity index (χ0v) is 11.4. The van der Waals surface area contributed by atoms with Gasteiger partial charge in [0.05, 0.1) is 12.7 Å². The molecule has 0 aromatic heterocycles. The molecule has 0 spiro atoms. The van der Waals surface area contributed by atoms with Crippen molar-refractivity contribution in [1.82, 2.24) is 5.32 Å². The van der Waals surface area contributed by atoms with Crippen molar-refractivity contribution in [2.24, 2.45) is 0 Å². The van der Waals surface area contributed by atoms with Crippen LogP contribution in [0.4, 0.5) is 0 Å². The molecule has 1 heterocycles. The highest BCUT2D eigenvalue weighted by Crippen LogP contribution is 2.26. The predicted octanol–water partition coefficient (Wildman–Crippen LogP) is 3.67. The normalized spacial score (nSPS) is 19.3. The Balaban J connectivity index is 1.88. The van der Waals surface area contributed by atoms with E-state index in [1.165, 1.54) is 16.7 Å². The summed E-state index contributed by atoms with van der Waals surface area (Å²) in [6, 6.07) is 16.4. The number of rotatable bonds is 2. The molecule has 2 aromatic rings. The molecule has 3 rings (SSSR count). The molecule has 3 heteroatoms. The van der Waals surface area contributed by atoms with Crippen LogP contribution in [0.25, 0.3) is 11.1 Å². The number of benzene rings is 2. The van der Waals surface area contributed by atoms with Gasteiger partial charge in [-0.25, -0.2) is 0 Å². The summed E-state index contributed by atoms with van der Waals surface area (Å²) in [5.74, 6) is 0. The summed E-state index contributed by atoms with van der Waals surface area (Å²) in [6.45, 7) is 2.59. The van der Waals surface area contributed by atoms with E-state index in [1.807, 2.05) is 24.3 Å². The second-order valence-electron chi connectivity index (χ2n) is 4.70. The van der Waals surface area contributed by atoms with Crippen LogP contribution in [-0.4, -0.2) is 19.7 Å². The average molecular weight is 274 g/mol. The van der Waals surface area contributed by atoms with Crippen molar-refractivity contribution in [3.63, 3.8) is 0 Å². The van der Waals surface area contributed by atoms with Crippen LogP contribution in [0.15, 0.2) is 48.5 Å². The Morgan fingerprint density at radius 3 is 2.63 bits per heavy atom. The van der Waals surface area contributed by atoms with Gasteiger partial charge in [0.2, 0.25) is 0 Å². The molecule has 1 unspecified atom stereocenters. The third-order valence-corrected chi connectivity index (χ3v) is 3.62. The van der Waals surface area contributed by atoms with Crippen LogP contribution in [-0.2, 0) is 4.74 Å². The van der Waals surface area contributed by atoms with Crippen molar-refractivity contribution in [3.8, 4) is 11.1 Å². The number of hydrogen-bond donors (Lipinski definition) is 1. The Bertz CT molecular complexity index is 547. The molecule has 1 aliphatic rings. The van der Waals surface area contributed by atoms with Gasteiger partial charge in [0.25, 0.3) is 0 Å². The molecule has 1 atom stereocenters. The second kappa shape index (κ2) is 5.74. The van der Waals surface area contributed by atoms with Gasteiger partial charge in [-0.3, -0.25) is 0 Å². The first-order valence-electron chi connectivity index (χ1n) is 6.51. The van der Waals surface area contributed by atoms with E-state index < -0.39 is 0 Å². The minimum atomic E-state index is 0.154. The van der Waals surface area contributed by atoms with E-state index in [1.54, 1.807) is 0 Å². The molecule has 2 aromatic carbocycles. The van der Waals surface area contributed by atoms with Gasteiger partial charge in [-0.2, -0.15) is 0 Å². The minimum Gasteiger partial charge on any atom is -0.371 e. The highest BCUT2D eigenvalue weighted by Gasteiger charge is 2.15. The van der Waals surface area contributed by atoms with Crippen LogP contribution < -0.4 is 5.32 Å². The van der Waals surface area contributed by atoms with E-state index >= 15 is 0 Å². The smallest absolute Gasteiger partial charge is 0.0950 e. The summed E-state index contributed by atoms with van der Waals surface area (Å²) >= 11 is 5.92. The topological polar surface area (TPSA) is 21.3 Å². The molecule has 2 nitrogen and oxygen atoms in total. The maximum atomic E-state index is 5.92. The van der Waals surface area contributed by atoms with Gasteiger partial charge in [-0.15, -0.1) is 0 Å². The van der Waals surface area contributed by atoms with Crippen molar-refractivity contribution in [3.05, 3.63) is 59.1 Å². The van der Waals surface area contributed by atoms with Crippen molar-refractivity contribution >= 4 is 11.6 Å². The van der Waals surface area contributed by atoms with Gasteiger partial charge < -0.3 is 10.1 Å². The van der Waals surface area contributed by atoms with E-state index in [0.717, 1.165) is 24.7 Å². The maximum absolute atomic E-state index is 5.92. The zero-order valence-electron chi connectivity index (χ0n) is 10.6. The lowest BCUT2D eigenvalue weighted by molar-refractivity contribution is 0.0277. The van der Waals surface area contributed by atoms with Gasteiger partial charge >= 0.3 is 0 Å². The average Bonchev–Trinajstić information content (AvgIpc) is 2.49. The molecule has 0 radical (unpaired) electrons. The molecule has 19 heavy (non-hydrogen) atoms. The number of morpholine rings is 1. The Hall–Kier alpha value is -1.35. The van der Waals surface area contributed by atoms with Gasteiger partial charge in [0, 0.05) is 18.1 Å². The van der Waals surface area contributed by atoms with E-state index in [4.69, 9.17) is 16.3 Å². The molecule has 1 saturated heterocycles. The predicted molar refractivity (Wildman–Crippen MR) is 78.5 cm³/mol. The molecule has 1 N–H and O–H groups in total. The summed E-state index contributed by atoms with van der Waals surface area (Å²) in [5, 5.41) is 4.12. The summed E-state index contributed by atoms with van der Waals surface area (Å²) in [5.41, 5.74) is 3.60. The summed E-state index contributed by atoms with van der Waals surface area (Å²) in [4.78, 5) is 0. The summed E-state index contributed by atoms with van der Waals surface area (Å²) in [6.07, 6.45) is 0.154. The molecule has 0 aliphatic carbocycles. The van der Waals surface area contributed by atoms with Crippen molar-refractivity contribution in [1.29, 1.82) is 0 Å². The first-order chi connectivity index (χ1) is 9.33. The quantitative estimate of drug-likeness (QED) is 0.901. The van der Waals surface area contributed by atoms with E-state index in [-0.39, 0.29) is 6.10 Å². The Labute approximate surface area is 118 Å². The van der Waals surface area contributed by atoms with E-state index in [2.05, 4.69) is 29.6 Å². The first kappa shape index (κ1) is 12.7. The molecule has 1 fully saturated rings. The van der Waals surface area contributed by atoms with Crippen molar-refractivity contribution in [2.75, 3.05) is 19.7 Å². The van der Waals surface area contributed by atoms with Crippen molar-refractivity contribution < 1.29 is 4.74 Å². The standard InChI is InChI=1S/C16H16ClNO/c17-15-6-4-12(5-7-15)13-2-1-3-14(10-13)16-11-18-8-9-19-16/h1-7,10,16,18H,8-9,11H2. The molecule has 98 valence electrons. The molecular weight excluding hydrogens is 258 g/mol. The fourth-order valence-electron chi connectivity index (χ4n) is 2.34. The maximum Gasteiger partial charge on any atom is 0.0950 e. The fraction of sp³-hybridized carbons (Fsp3) is 0.250. The first-order valence-corrected chi connectivity index (χ1v) is 6.89. The van der Waals surface area contributed by atoms with Crippen molar-refractivity contribution in [2.45, 2.75) is 6.10 Å².